The van der Waals surface area contributed by atoms with Crippen LogP contribution in [-0.2, 0) is 30.7 Å². The Morgan fingerprint density at radius 1 is 1.15 bits per heavy atom. The number of nitrogens with zero attached hydrogens (tertiary/aromatic N) is 4. The lowest BCUT2D eigenvalue weighted by molar-refractivity contribution is -0.117. The Balaban J connectivity index is 1.81. The predicted octanol–water partition coefficient (Wildman–Crippen LogP) is 2.55. The zero-order valence-electron chi connectivity index (χ0n) is 15.8. The van der Waals surface area contributed by atoms with E-state index < -0.39 is 0 Å². The minimum absolute atomic E-state index is 0.0333. The summed E-state index contributed by atoms with van der Waals surface area (Å²) in [6.07, 6.45) is 3.16. The Kier molecular flexibility index (Phi) is 5.52. The Morgan fingerprint density at radius 3 is 2.50 bits per heavy atom. The molecule has 0 fully saturated rings. The monoisotopic (exact) mass is 353 g/mol. The van der Waals surface area contributed by atoms with E-state index in [1.807, 2.05) is 14.1 Å². The molecule has 1 aromatic heterocycles. The maximum atomic E-state index is 12.5. The molecule has 0 bridgehead atoms. The highest BCUT2D eigenvalue weighted by molar-refractivity contribution is 6.01. The van der Waals surface area contributed by atoms with Crippen LogP contribution in [0.25, 0.3) is 0 Å². The van der Waals surface area contributed by atoms with E-state index in [0.29, 0.717) is 18.2 Å². The molecule has 0 atom stereocenters. The van der Waals surface area contributed by atoms with Gasteiger partial charge in [0.05, 0.1) is 13.0 Å². The molecular formula is C20H27N5O. The van der Waals surface area contributed by atoms with E-state index in [4.69, 9.17) is 5.73 Å². The fourth-order valence-corrected chi connectivity index (χ4v) is 3.20. The molecule has 6 nitrogen and oxygen atoms in total. The molecule has 0 saturated carbocycles. The Morgan fingerprint density at radius 2 is 1.85 bits per heavy atom. The zero-order valence-corrected chi connectivity index (χ0v) is 15.8. The summed E-state index contributed by atoms with van der Waals surface area (Å²) in [5.74, 6) is 1.89. The average molecular weight is 353 g/mol. The topological polar surface area (TPSA) is 75.3 Å². The van der Waals surface area contributed by atoms with E-state index in [0.717, 1.165) is 42.8 Å². The van der Waals surface area contributed by atoms with Crippen molar-refractivity contribution in [3.8, 4) is 0 Å². The zero-order chi connectivity index (χ0) is 18.7. The van der Waals surface area contributed by atoms with Gasteiger partial charge in [-0.1, -0.05) is 37.6 Å². The van der Waals surface area contributed by atoms with Crippen molar-refractivity contribution in [3.63, 3.8) is 0 Å². The number of amides is 1. The molecule has 0 spiro atoms. The molecule has 1 aromatic carbocycles. The smallest absolute Gasteiger partial charge is 0.233 e. The normalized spacial score (nSPS) is 13.5. The summed E-state index contributed by atoms with van der Waals surface area (Å²) in [4.78, 5) is 25.4. The summed E-state index contributed by atoms with van der Waals surface area (Å²) in [7, 11) is 4.10. The third-order valence-corrected chi connectivity index (χ3v) is 4.56. The SMILES string of the molecule is CCCCc1nc(N)c2c(n1)N(Cc1ccc(CN(C)C)cc1)C(=O)C2. The van der Waals surface area contributed by atoms with E-state index in [2.05, 4.69) is 46.1 Å². The lowest BCUT2D eigenvalue weighted by atomic mass is 10.1. The molecule has 0 radical (unpaired) electrons. The van der Waals surface area contributed by atoms with Crippen LogP contribution in [0.5, 0.6) is 0 Å². The first-order valence-corrected chi connectivity index (χ1v) is 9.16. The Bertz CT molecular complexity index is 786. The van der Waals surface area contributed by atoms with Gasteiger partial charge in [-0.25, -0.2) is 9.97 Å². The largest absolute Gasteiger partial charge is 0.383 e. The maximum Gasteiger partial charge on any atom is 0.233 e. The molecule has 1 aliphatic rings. The second kappa shape index (κ2) is 7.83. The van der Waals surface area contributed by atoms with Crippen molar-refractivity contribution >= 4 is 17.5 Å². The van der Waals surface area contributed by atoms with Crippen LogP contribution in [-0.4, -0.2) is 34.9 Å². The van der Waals surface area contributed by atoms with Crippen LogP contribution in [0.1, 0.15) is 42.3 Å². The van der Waals surface area contributed by atoms with Crippen molar-refractivity contribution in [1.82, 2.24) is 14.9 Å². The van der Waals surface area contributed by atoms with E-state index in [-0.39, 0.29) is 12.3 Å². The lowest BCUT2D eigenvalue weighted by Gasteiger charge is -2.18. The number of nitrogens with two attached hydrogens (primary N) is 1. The van der Waals surface area contributed by atoms with Gasteiger partial charge in [0.2, 0.25) is 5.91 Å². The number of unbranched alkanes of at least 4 members (excludes halogenated alkanes) is 1. The van der Waals surface area contributed by atoms with Gasteiger partial charge in [0.25, 0.3) is 0 Å². The van der Waals surface area contributed by atoms with Gasteiger partial charge in [-0.05, 0) is 31.6 Å². The van der Waals surface area contributed by atoms with Gasteiger partial charge >= 0.3 is 0 Å². The fourth-order valence-electron chi connectivity index (χ4n) is 3.20. The number of fused-ring (bicyclic) bond motifs is 1. The number of aryl methyl sites for hydroxylation is 1. The number of aromatic nitrogens is 2. The van der Waals surface area contributed by atoms with Crippen LogP contribution in [0.2, 0.25) is 0 Å². The number of hydrogen-bond acceptors (Lipinski definition) is 5. The van der Waals surface area contributed by atoms with Gasteiger partial charge in [0, 0.05) is 18.5 Å². The van der Waals surface area contributed by atoms with E-state index in [9.17, 15) is 4.79 Å². The minimum atomic E-state index is 0.0333. The molecule has 6 heteroatoms. The van der Waals surface area contributed by atoms with Gasteiger partial charge < -0.3 is 10.6 Å². The predicted molar refractivity (Wildman–Crippen MR) is 104 cm³/mol. The highest BCUT2D eigenvalue weighted by Gasteiger charge is 2.31. The van der Waals surface area contributed by atoms with E-state index in [1.54, 1.807) is 4.90 Å². The molecule has 1 aliphatic heterocycles. The second-order valence-corrected chi connectivity index (χ2v) is 7.14. The lowest BCUT2D eigenvalue weighted by Crippen LogP contribution is -2.27. The van der Waals surface area contributed by atoms with Crippen LogP contribution in [0.15, 0.2) is 24.3 Å². The Hall–Kier alpha value is -2.47. The molecule has 3 rings (SSSR count). The summed E-state index contributed by atoms with van der Waals surface area (Å²) in [5, 5.41) is 0. The highest BCUT2D eigenvalue weighted by Crippen LogP contribution is 2.32. The fraction of sp³-hybridized carbons (Fsp3) is 0.450. The van der Waals surface area contributed by atoms with Gasteiger partial charge in [0.15, 0.2) is 0 Å². The third kappa shape index (κ3) is 4.02. The number of anilines is 2. The van der Waals surface area contributed by atoms with Crippen LogP contribution < -0.4 is 10.6 Å². The van der Waals surface area contributed by atoms with Crippen LogP contribution in [0.3, 0.4) is 0 Å². The third-order valence-electron chi connectivity index (χ3n) is 4.56. The molecule has 0 unspecified atom stereocenters. The van der Waals surface area contributed by atoms with Crippen LogP contribution in [0, 0.1) is 0 Å². The standard InChI is InChI=1S/C20H27N5O/c1-4-5-6-17-22-19(21)16-11-18(26)25(20(16)23-17)13-15-9-7-14(8-10-15)12-24(2)3/h7-10H,4-6,11-13H2,1-3H3,(H2,21,22,23). The molecule has 1 amide bonds. The number of rotatable bonds is 7. The van der Waals surface area contributed by atoms with E-state index >= 15 is 0 Å². The first-order chi connectivity index (χ1) is 12.5. The molecule has 2 heterocycles. The first-order valence-electron chi connectivity index (χ1n) is 9.16. The summed E-state index contributed by atoms with van der Waals surface area (Å²) < 4.78 is 0. The van der Waals surface area contributed by atoms with E-state index in [1.165, 1.54) is 5.56 Å². The van der Waals surface area contributed by atoms with Gasteiger partial charge in [-0.2, -0.15) is 0 Å². The van der Waals surface area contributed by atoms with Gasteiger partial charge in [-0.3, -0.25) is 9.69 Å². The summed E-state index contributed by atoms with van der Waals surface area (Å²) >= 11 is 0. The molecule has 0 aliphatic carbocycles. The summed E-state index contributed by atoms with van der Waals surface area (Å²) in [6, 6.07) is 8.37. The molecule has 138 valence electrons. The van der Waals surface area contributed by atoms with Gasteiger partial charge in [-0.15, -0.1) is 0 Å². The molecule has 26 heavy (non-hydrogen) atoms. The quantitative estimate of drug-likeness (QED) is 0.828. The number of hydrogen-bond donors (Lipinski definition) is 1. The average Bonchev–Trinajstić information content (AvgIpc) is 2.91. The summed E-state index contributed by atoms with van der Waals surface area (Å²) in [5.41, 5.74) is 9.19. The highest BCUT2D eigenvalue weighted by atomic mass is 16.2. The second-order valence-electron chi connectivity index (χ2n) is 7.14. The van der Waals surface area contributed by atoms with Crippen LogP contribution >= 0.6 is 0 Å². The number of carbonyl (C=O) groups is 1. The van der Waals surface area contributed by atoms with Crippen LogP contribution in [0.4, 0.5) is 11.6 Å². The van der Waals surface area contributed by atoms with Crippen molar-refractivity contribution < 1.29 is 4.79 Å². The van der Waals surface area contributed by atoms with Crippen molar-refractivity contribution in [3.05, 3.63) is 46.8 Å². The van der Waals surface area contributed by atoms with Crippen molar-refractivity contribution in [2.24, 2.45) is 0 Å². The number of benzene rings is 1. The molecular weight excluding hydrogens is 326 g/mol. The van der Waals surface area contributed by atoms with Crippen molar-refractivity contribution in [2.45, 2.75) is 45.7 Å². The molecule has 2 N–H and O–H groups in total. The first kappa shape index (κ1) is 18.3. The van der Waals surface area contributed by atoms with Crippen molar-refractivity contribution in [2.75, 3.05) is 24.7 Å². The number of carbonyl (C=O) groups excluding carboxylic acids is 1. The maximum absolute atomic E-state index is 12.5. The van der Waals surface area contributed by atoms with Crippen molar-refractivity contribution in [1.29, 1.82) is 0 Å². The number of nitrogen functional groups attached to an aromatic ring is 1. The van der Waals surface area contributed by atoms with Gasteiger partial charge in [0.1, 0.15) is 17.5 Å². The minimum Gasteiger partial charge on any atom is -0.383 e. The molecule has 2 aromatic rings. The summed E-state index contributed by atoms with van der Waals surface area (Å²) in [6.45, 7) is 3.54. The Labute approximate surface area is 155 Å². The molecule has 0 saturated heterocycles.